The second-order valence-electron chi connectivity index (χ2n) is 5.07. The molecule has 1 aromatic carbocycles. The van der Waals surface area contributed by atoms with Crippen LogP contribution in [0, 0.1) is 0 Å². The van der Waals surface area contributed by atoms with Gasteiger partial charge in [-0.05, 0) is 18.6 Å². The number of fused-ring (bicyclic) bond motifs is 1. The van der Waals surface area contributed by atoms with Crippen LogP contribution < -0.4 is 10.5 Å². The molecule has 1 aromatic heterocycles. The van der Waals surface area contributed by atoms with Crippen molar-refractivity contribution in [3.63, 3.8) is 0 Å². The highest BCUT2D eigenvalue weighted by Gasteiger charge is 2.26. The van der Waals surface area contributed by atoms with Crippen LogP contribution in [0.5, 0.6) is 5.75 Å². The van der Waals surface area contributed by atoms with E-state index in [0.717, 1.165) is 30.1 Å². The van der Waals surface area contributed by atoms with Crippen LogP contribution in [0.4, 0.5) is 0 Å². The van der Waals surface area contributed by atoms with Crippen LogP contribution in [0.3, 0.4) is 0 Å². The van der Waals surface area contributed by atoms with E-state index in [1.165, 1.54) is 0 Å². The third-order valence-corrected chi connectivity index (χ3v) is 3.55. The molecule has 2 atom stereocenters. The average Bonchev–Trinajstić information content (AvgIpc) is 2.82. The number of aromatic nitrogens is 3. The Bertz CT molecular complexity index is 593. The molecule has 0 fully saturated rings. The number of ether oxygens (including phenoxy) is 1. The van der Waals surface area contributed by atoms with Crippen LogP contribution in [-0.4, -0.2) is 27.9 Å². The van der Waals surface area contributed by atoms with Crippen LogP contribution in [0.25, 0.3) is 11.4 Å². The molecule has 0 bridgehead atoms. The minimum Gasteiger partial charge on any atom is -0.496 e. The highest BCUT2D eigenvalue weighted by atomic mass is 16.5. The van der Waals surface area contributed by atoms with Gasteiger partial charge in [-0.25, -0.2) is 9.67 Å². The van der Waals surface area contributed by atoms with Crippen LogP contribution >= 0.6 is 0 Å². The Labute approximate surface area is 112 Å². The van der Waals surface area contributed by atoms with Crippen molar-refractivity contribution in [2.24, 2.45) is 5.73 Å². The highest BCUT2D eigenvalue weighted by molar-refractivity contribution is 5.63. The smallest absolute Gasteiger partial charge is 0.185 e. The van der Waals surface area contributed by atoms with E-state index < -0.39 is 0 Å². The van der Waals surface area contributed by atoms with E-state index in [9.17, 15) is 0 Å². The molecule has 0 amide bonds. The van der Waals surface area contributed by atoms with Crippen molar-refractivity contribution >= 4 is 0 Å². The third kappa shape index (κ3) is 2.10. The van der Waals surface area contributed by atoms with Crippen molar-refractivity contribution in [2.75, 3.05) is 7.11 Å². The number of hydrogen-bond donors (Lipinski definition) is 1. The van der Waals surface area contributed by atoms with Gasteiger partial charge >= 0.3 is 0 Å². The Kier molecular flexibility index (Phi) is 2.98. The molecule has 3 rings (SSSR count). The normalized spacial score (nSPS) is 22.1. The van der Waals surface area contributed by atoms with Crippen LogP contribution in [0.1, 0.15) is 25.1 Å². The van der Waals surface area contributed by atoms with Crippen molar-refractivity contribution in [1.29, 1.82) is 0 Å². The van der Waals surface area contributed by atoms with E-state index in [1.807, 2.05) is 28.9 Å². The molecule has 2 heterocycles. The van der Waals surface area contributed by atoms with E-state index in [2.05, 4.69) is 17.0 Å². The minimum absolute atomic E-state index is 0.162. The van der Waals surface area contributed by atoms with Gasteiger partial charge in [0.05, 0.1) is 19.2 Å². The number of methoxy groups -OCH3 is 1. The predicted octanol–water partition coefficient (Wildman–Crippen LogP) is 1.79. The summed E-state index contributed by atoms with van der Waals surface area (Å²) in [7, 11) is 1.66. The number of para-hydroxylation sites is 1. The van der Waals surface area contributed by atoms with Gasteiger partial charge < -0.3 is 10.5 Å². The quantitative estimate of drug-likeness (QED) is 0.891. The summed E-state index contributed by atoms with van der Waals surface area (Å²) in [5.74, 6) is 2.87. The molecule has 0 radical (unpaired) electrons. The summed E-state index contributed by atoms with van der Waals surface area (Å²) in [5, 5.41) is 4.58. The van der Waals surface area contributed by atoms with Crippen LogP contribution in [-0.2, 0) is 6.54 Å². The fourth-order valence-corrected chi connectivity index (χ4v) is 2.65. The van der Waals surface area contributed by atoms with Gasteiger partial charge in [0.2, 0.25) is 0 Å². The van der Waals surface area contributed by atoms with Gasteiger partial charge in [-0.3, -0.25) is 0 Å². The van der Waals surface area contributed by atoms with E-state index in [1.54, 1.807) is 7.11 Å². The molecule has 2 aromatic rings. The number of nitrogens with two attached hydrogens (primary N) is 1. The number of rotatable bonds is 2. The standard InChI is InChI=1S/C14H18N4O/c1-9-7-10(15)8-18-14(9)16-13(17-18)11-5-3-4-6-12(11)19-2/h3-6,9-10H,7-8,15H2,1-2H3. The Balaban J connectivity index is 2.06. The molecule has 19 heavy (non-hydrogen) atoms. The zero-order valence-corrected chi connectivity index (χ0v) is 11.2. The first-order valence-electron chi connectivity index (χ1n) is 6.52. The molecule has 0 spiro atoms. The summed E-state index contributed by atoms with van der Waals surface area (Å²) in [6.45, 7) is 2.88. The fraction of sp³-hybridized carbons (Fsp3) is 0.429. The zero-order valence-electron chi connectivity index (χ0n) is 11.2. The molecule has 1 aliphatic rings. The average molecular weight is 258 g/mol. The highest BCUT2D eigenvalue weighted by Crippen LogP contribution is 2.31. The lowest BCUT2D eigenvalue weighted by atomic mass is 9.98. The van der Waals surface area contributed by atoms with Crippen molar-refractivity contribution in [2.45, 2.75) is 31.8 Å². The molecule has 100 valence electrons. The van der Waals surface area contributed by atoms with Gasteiger partial charge in [-0.2, -0.15) is 5.10 Å². The third-order valence-electron chi connectivity index (χ3n) is 3.55. The molecule has 1 aliphatic heterocycles. The first kappa shape index (κ1) is 12.2. The summed E-state index contributed by atoms with van der Waals surface area (Å²) in [5.41, 5.74) is 6.95. The summed E-state index contributed by atoms with van der Waals surface area (Å²) >= 11 is 0. The molecule has 5 heteroatoms. The Morgan fingerprint density at radius 2 is 2.16 bits per heavy atom. The molecule has 2 unspecified atom stereocenters. The molecular weight excluding hydrogens is 240 g/mol. The van der Waals surface area contributed by atoms with Crippen molar-refractivity contribution in [3.8, 4) is 17.1 Å². The van der Waals surface area contributed by atoms with Gasteiger partial charge in [0.1, 0.15) is 11.6 Å². The summed E-state index contributed by atoms with van der Waals surface area (Å²) in [4.78, 5) is 4.66. The maximum Gasteiger partial charge on any atom is 0.185 e. The van der Waals surface area contributed by atoms with Gasteiger partial charge in [0, 0.05) is 12.0 Å². The zero-order chi connectivity index (χ0) is 13.4. The van der Waals surface area contributed by atoms with Crippen LogP contribution in [0.2, 0.25) is 0 Å². The SMILES string of the molecule is COc1ccccc1-c1nc2n(n1)CC(N)CC2C. The van der Waals surface area contributed by atoms with Crippen molar-refractivity contribution in [1.82, 2.24) is 14.8 Å². The second-order valence-corrected chi connectivity index (χ2v) is 5.07. The Morgan fingerprint density at radius 3 is 2.95 bits per heavy atom. The first-order valence-corrected chi connectivity index (χ1v) is 6.52. The lowest BCUT2D eigenvalue weighted by Crippen LogP contribution is -2.34. The lowest BCUT2D eigenvalue weighted by molar-refractivity contribution is 0.382. The molecule has 2 N–H and O–H groups in total. The van der Waals surface area contributed by atoms with Gasteiger partial charge in [0.25, 0.3) is 0 Å². The topological polar surface area (TPSA) is 66.0 Å². The second kappa shape index (κ2) is 4.66. The minimum atomic E-state index is 0.162. The Hall–Kier alpha value is -1.88. The van der Waals surface area contributed by atoms with Gasteiger partial charge in [-0.1, -0.05) is 19.1 Å². The maximum absolute atomic E-state index is 6.03. The summed E-state index contributed by atoms with van der Waals surface area (Å²) in [6, 6.07) is 7.97. The van der Waals surface area contributed by atoms with Gasteiger partial charge in [-0.15, -0.1) is 0 Å². The number of hydrogen-bond acceptors (Lipinski definition) is 4. The lowest BCUT2D eigenvalue weighted by Gasteiger charge is -2.23. The molecule has 0 saturated heterocycles. The van der Waals surface area contributed by atoms with Crippen LogP contribution in [0.15, 0.2) is 24.3 Å². The van der Waals surface area contributed by atoms with Crippen molar-refractivity contribution in [3.05, 3.63) is 30.1 Å². The van der Waals surface area contributed by atoms with E-state index in [0.29, 0.717) is 11.7 Å². The predicted molar refractivity (Wildman–Crippen MR) is 73.0 cm³/mol. The molecule has 5 nitrogen and oxygen atoms in total. The van der Waals surface area contributed by atoms with Crippen molar-refractivity contribution < 1.29 is 4.74 Å². The summed E-state index contributed by atoms with van der Waals surface area (Å²) in [6.07, 6.45) is 0.962. The van der Waals surface area contributed by atoms with Gasteiger partial charge in [0.15, 0.2) is 5.82 Å². The maximum atomic E-state index is 6.03. The molecule has 0 aliphatic carbocycles. The van der Waals surface area contributed by atoms with E-state index in [4.69, 9.17) is 10.5 Å². The van der Waals surface area contributed by atoms with E-state index >= 15 is 0 Å². The summed E-state index contributed by atoms with van der Waals surface area (Å²) < 4.78 is 7.30. The molecule has 0 saturated carbocycles. The Morgan fingerprint density at radius 1 is 1.37 bits per heavy atom. The number of nitrogens with zero attached hydrogens (tertiary/aromatic N) is 3. The largest absolute Gasteiger partial charge is 0.496 e. The number of benzene rings is 1. The first-order chi connectivity index (χ1) is 9.19. The van der Waals surface area contributed by atoms with E-state index in [-0.39, 0.29) is 6.04 Å². The fourth-order valence-electron chi connectivity index (χ4n) is 2.65. The molecular formula is C14H18N4O. The monoisotopic (exact) mass is 258 g/mol.